The number of likely N-dealkylation sites (tertiary alicyclic amines) is 1. The summed E-state index contributed by atoms with van der Waals surface area (Å²) in [6.07, 6.45) is 12.8. The minimum Gasteiger partial charge on any atom is -0.340 e. The molecular formula is C23H32N2O. The first kappa shape index (κ1) is 17.8. The van der Waals surface area contributed by atoms with Crippen LogP contribution >= 0.6 is 0 Å². The van der Waals surface area contributed by atoms with Crippen LogP contribution in [-0.4, -0.2) is 48.4 Å². The third-order valence-electron chi connectivity index (χ3n) is 6.51. The Morgan fingerprint density at radius 1 is 1.12 bits per heavy atom. The Morgan fingerprint density at radius 2 is 1.88 bits per heavy atom. The van der Waals surface area contributed by atoms with Gasteiger partial charge in [0.1, 0.15) is 0 Å². The number of allylic oxidation sites excluding steroid dienone is 2. The molecule has 3 heteroatoms. The predicted molar refractivity (Wildman–Crippen MR) is 106 cm³/mol. The molecule has 0 spiro atoms. The van der Waals surface area contributed by atoms with Gasteiger partial charge < -0.3 is 9.80 Å². The van der Waals surface area contributed by atoms with Crippen LogP contribution in [0.1, 0.15) is 50.5 Å². The van der Waals surface area contributed by atoms with Crippen LogP contribution in [0, 0.1) is 5.92 Å². The summed E-state index contributed by atoms with van der Waals surface area (Å²) in [5.41, 5.74) is 0.997. The fraction of sp³-hybridized carbons (Fsp3) is 0.609. The Labute approximate surface area is 158 Å². The second-order valence-corrected chi connectivity index (χ2v) is 8.40. The molecule has 1 amide bonds. The van der Waals surface area contributed by atoms with Crippen molar-refractivity contribution in [3.05, 3.63) is 48.0 Å². The second-order valence-electron chi connectivity index (χ2n) is 8.40. The highest BCUT2D eigenvalue weighted by Gasteiger charge is 2.53. The first-order valence-electron chi connectivity index (χ1n) is 10.5. The van der Waals surface area contributed by atoms with Crippen LogP contribution in [0.15, 0.2) is 42.5 Å². The summed E-state index contributed by atoms with van der Waals surface area (Å²) in [5.74, 6) is 1.02. The van der Waals surface area contributed by atoms with E-state index in [1.807, 2.05) is 6.07 Å². The summed E-state index contributed by atoms with van der Waals surface area (Å²) < 4.78 is 0. The topological polar surface area (TPSA) is 23.6 Å². The zero-order chi connectivity index (χ0) is 17.8. The maximum atomic E-state index is 13.6. The highest BCUT2D eigenvalue weighted by molar-refractivity contribution is 5.91. The van der Waals surface area contributed by atoms with Gasteiger partial charge in [0, 0.05) is 19.6 Å². The van der Waals surface area contributed by atoms with Crippen molar-refractivity contribution in [2.75, 3.05) is 32.7 Å². The Balaban J connectivity index is 1.47. The third kappa shape index (κ3) is 3.88. The lowest BCUT2D eigenvalue weighted by molar-refractivity contribution is -0.135. The van der Waals surface area contributed by atoms with E-state index in [1.54, 1.807) is 0 Å². The summed E-state index contributed by atoms with van der Waals surface area (Å²) in [4.78, 5) is 18.4. The van der Waals surface area contributed by atoms with E-state index in [4.69, 9.17) is 0 Å². The number of rotatable bonds is 7. The van der Waals surface area contributed by atoms with E-state index < -0.39 is 0 Å². The van der Waals surface area contributed by atoms with Crippen molar-refractivity contribution >= 4 is 5.91 Å². The Bertz CT molecular complexity index is 629. The summed E-state index contributed by atoms with van der Waals surface area (Å²) >= 11 is 0. The van der Waals surface area contributed by atoms with Gasteiger partial charge in [-0.3, -0.25) is 4.79 Å². The molecule has 2 fully saturated rings. The largest absolute Gasteiger partial charge is 0.340 e. The molecule has 1 saturated heterocycles. The zero-order valence-electron chi connectivity index (χ0n) is 15.9. The normalized spacial score (nSPS) is 24.5. The van der Waals surface area contributed by atoms with E-state index >= 15 is 0 Å². The molecule has 0 N–H and O–H groups in total. The molecule has 0 unspecified atom stereocenters. The first-order chi connectivity index (χ1) is 12.8. The van der Waals surface area contributed by atoms with Gasteiger partial charge in [0.2, 0.25) is 5.91 Å². The van der Waals surface area contributed by atoms with Crippen molar-refractivity contribution in [1.82, 2.24) is 9.80 Å². The predicted octanol–water partition coefficient (Wildman–Crippen LogP) is 4.00. The van der Waals surface area contributed by atoms with Crippen molar-refractivity contribution in [3.63, 3.8) is 0 Å². The van der Waals surface area contributed by atoms with E-state index in [9.17, 15) is 4.79 Å². The van der Waals surface area contributed by atoms with Crippen LogP contribution in [0.5, 0.6) is 0 Å². The van der Waals surface area contributed by atoms with Gasteiger partial charge in [-0.05, 0) is 69.5 Å². The zero-order valence-corrected chi connectivity index (χ0v) is 15.9. The van der Waals surface area contributed by atoms with E-state index in [0.717, 1.165) is 38.9 Å². The summed E-state index contributed by atoms with van der Waals surface area (Å²) in [6.45, 7) is 5.29. The lowest BCUT2D eigenvalue weighted by Gasteiger charge is -2.33. The Hall–Kier alpha value is -1.61. The number of carbonyl (C=O) groups excluding carboxylic acids is 1. The van der Waals surface area contributed by atoms with Crippen molar-refractivity contribution < 1.29 is 4.79 Å². The monoisotopic (exact) mass is 352 g/mol. The lowest BCUT2D eigenvalue weighted by Crippen LogP contribution is -2.45. The first-order valence-corrected chi connectivity index (χ1v) is 10.5. The van der Waals surface area contributed by atoms with E-state index in [0.29, 0.717) is 11.8 Å². The van der Waals surface area contributed by atoms with Crippen LogP contribution in [0.25, 0.3) is 0 Å². The average molecular weight is 353 g/mol. The van der Waals surface area contributed by atoms with E-state index in [1.165, 1.54) is 44.3 Å². The molecule has 4 rings (SSSR count). The number of hydrogen-bond donors (Lipinski definition) is 0. The fourth-order valence-electron chi connectivity index (χ4n) is 4.69. The number of hydrogen-bond acceptors (Lipinski definition) is 2. The van der Waals surface area contributed by atoms with Gasteiger partial charge in [0.15, 0.2) is 0 Å². The average Bonchev–Trinajstić information content (AvgIpc) is 3.35. The molecule has 140 valence electrons. The highest BCUT2D eigenvalue weighted by atomic mass is 16.2. The molecule has 2 aliphatic carbocycles. The summed E-state index contributed by atoms with van der Waals surface area (Å²) in [7, 11) is 0. The van der Waals surface area contributed by atoms with Gasteiger partial charge >= 0.3 is 0 Å². The van der Waals surface area contributed by atoms with Crippen LogP contribution in [0.2, 0.25) is 0 Å². The molecule has 0 radical (unpaired) electrons. The van der Waals surface area contributed by atoms with Gasteiger partial charge in [-0.15, -0.1) is 0 Å². The highest BCUT2D eigenvalue weighted by Crippen LogP contribution is 2.49. The molecule has 3 nitrogen and oxygen atoms in total. The summed E-state index contributed by atoms with van der Waals surface area (Å²) in [6, 6.07) is 10.5. The van der Waals surface area contributed by atoms with Gasteiger partial charge in [0.25, 0.3) is 0 Å². The molecule has 1 aromatic rings. The molecule has 0 bridgehead atoms. The SMILES string of the molecule is O=C(N(CCN1CCCC1)C[C@@H]1CC=CCC1)C1(c2ccccc2)CC1. The number of benzene rings is 1. The summed E-state index contributed by atoms with van der Waals surface area (Å²) in [5, 5.41) is 0. The molecule has 26 heavy (non-hydrogen) atoms. The molecule has 1 saturated carbocycles. The van der Waals surface area contributed by atoms with Crippen molar-refractivity contribution in [3.8, 4) is 0 Å². The lowest BCUT2D eigenvalue weighted by atomic mass is 9.91. The molecule has 3 aliphatic rings. The third-order valence-corrected chi connectivity index (χ3v) is 6.51. The van der Waals surface area contributed by atoms with Crippen molar-refractivity contribution in [1.29, 1.82) is 0 Å². The minimum atomic E-state index is -0.225. The van der Waals surface area contributed by atoms with E-state index in [-0.39, 0.29) is 5.41 Å². The van der Waals surface area contributed by atoms with Crippen LogP contribution in [0.3, 0.4) is 0 Å². The fourth-order valence-corrected chi connectivity index (χ4v) is 4.69. The molecule has 1 atom stereocenters. The Kier molecular flexibility index (Phi) is 5.44. The minimum absolute atomic E-state index is 0.225. The van der Waals surface area contributed by atoms with Crippen LogP contribution in [0.4, 0.5) is 0 Å². The molecule has 1 aromatic carbocycles. The number of nitrogens with zero attached hydrogens (tertiary/aromatic N) is 2. The van der Waals surface area contributed by atoms with Crippen LogP contribution < -0.4 is 0 Å². The number of amides is 1. The van der Waals surface area contributed by atoms with Crippen LogP contribution in [-0.2, 0) is 10.2 Å². The molecule has 1 aliphatic heterocycles. The maximum absolute atomic E-state index is 13.6. The van der Waals surface area contributed by atoms with Gasteiger partial charge in [0.05, 0.1) is 5.41 Å². The standard InChI is InChI=1S/C23H32N2O/c26-22(23(13-14-23)21-11-5-2-6-12-21)25(18-17-24-15-7-8-16-24)19-20-9-3-1-4-10-20/h1-3,5-6,11-12,20H,4,7-10,13-19H2/t20-/m1/s1. The quantitative estimate of drug-likeness (QED) is 0.693. The second kappa shape index (κ2) is 7.96. The maximum Gasteiger partial charge on any atom is 0.233 e. The smallest absolute Gasteiger partial charge is 0.233 e. The number of carbonyl (C=O) groups is 1. The van der Waals surface area contributed by atoms with Crippen molar-refractivity contribution in [2.45, 2.75) is 50.4 Å². The van der Waals surface area contributed by atoms with E-state index in [2.05, 4.69) is 46.2 Å². The van der Waals surface area contributed by atoms with Gasteiger partial charge in [-0.25, -0.2) is 0 Å². The van der Waals surface area contributed by atoms with Gasteiger partial charge in [-0.1, -0.05) is 42.5 Å². The molecular weight excluding hydrogens is 320 g/mol. The molecule has 0 aromatic heterocycles. The van der Waals surface area contributed by atoms with Crippen molar-refractivity contribution in [2.24, 2.45) is 5.92 Å². The molecule has 1 heterocycles. The Morgan fingerprint density at radius 3 is 2.54 bits per heavy atom. The van der Waals surface area contributed by atoms with Gasteiger partial charge in [-0.2, -0.15) is 0 Å².